The van der Waals surface area contributed by atoms with Gasteiger partial charge in [0.2, 0.25) is 0 Å². The van der Waals surface area contributed by atoms with Crippen molar-refractivity contribution >= 4 is 22.9 Å². The predicted octanol–water partition coefficient (Wildman–Crippen LogP) is 4.46. The van der Waals surface area contributed by atoms with E-state index >= 15 is 0 Å². The summed E-state index contributed by atoms with van der Waals surface area (Å²) in [6.45, 7) is 1.54. The van der Waals surface area contributed by atoms with Crippen molar-refractivity contribution in [3.8, 4) is 10.4 Å². The first-order chi connectivity index (χ1) is 12.6. The second kappa shape index (κ2) is 8.21. The quantitative estimate of drug-likeness (QED) is 0.630. The van der Waals surface area contributed by atoms with Crippen LogP contribution in [-0.4, -0.2) is 16.7 Å². The number of aliphatic hydroxyl groups excluding tert-OH is 1. The van der Waals surface area contributed by atoms with Gasteiger partial charge in [0.05, 0.1) is 11.5 Å². The van der Waals surface area contributed by atoms with Crippen LogP contribution in [0.4, 0.5) is 0 Å². The summed E-state index contributed by atoms with van der Waals surface area (Å²) >= 11 is 1.44. The molecule has 0 spiro atoms. The number of hydrogen-bond donors (Lipinski definition) is 1. The molecule has 0 unspecified atom stereocenters. The number of carbonyl (C=O) groups excluding carboxylic acids is 2. The number of carbonyl (C=O) groups is 2. The molecule has 0 saturated carbocycles. The van der Waals surface area contributed by atoms with E-state index in [4.69, 9.17) is 5.11 Å². The Morgan fingerprint density at radius 3 is 2.19 bits per heavy atom. The van der Waals surface area contributed by atoms with Gasteiger partial charge < -0.3 is 5.11 Å². The molecule has 0 amide bonds. The molecule has 1 aromatic heterocycles. The van der Waals surface area contributed by atoms with Crippen LogP contribution in [0.3, 0.4) is 0 Å². The zero-order valence-electron chi connectivity index (χ0n) is 14.6. The molecule has 0 fully saturated rings. The molecular weight excluding hydrogens is 344 g/mol. The first kappa shape index (κ1) is 18.2. The summed E-state index contributed by atoms with van der Waals surface area (Å²) in [6.07, 6.45) is 0.569. The molecule has 0 saturated heterocycles. The van der Waals surface area contributed by atoms with Crippen LogP contribution in [0.1, 0.15) is 33.3 Å². The average molecular weight is 364 g/mol. The summed E-state index contributed by atoms with van der Waals surface area (Å²) in [6, 6.07) is 19.2. The fourth-order valence-electron chi connectivity index (χ4n) is 2.87. The highest BCUT2D eigenvalue weighted by atomic mass is 32.1. The first-order valence-corrected chi connectivity index (χ1v) is 9.28. The highest BCUT2D eigenvalue weighted by Crippen LogP contribution is 2.32. The van der Waals surface area contributed by atoms with Gasteiger partial charge in [0.1, 0.15) is 5.78 Å². The largest absolute Gasteiger partial charge is 0.392 e. The maximum atomic E-state index is 12.5. The van der Waals surface area contributed by atoms with Crippen LogP contribution in [-0.2, 0) is 24.2 Å². The van der Waals surface area contributed by atoms with Gasteiger partial charge in [-0.05, 0) is 35.2 Å². The summed E-state index contributed by atoms with van der Waals surface area (Å²) in [5, 5.41) is 9.09. The number of aliphatic hydroxyl groups is 1. The lowest BCUT2D eigenvalue weighted by atomic mass is 10.0. The molecule has 0 aliphatic heterocycles. The smallest absolute Gasteiger partial charge is 0.170 e. The van der Waals surface area contributed by atoms with E-state index in [9.17, 15) is 9.59 Å². The number of benzene rings is 2. The van der Waals surface area contributed by atoms with E-state index < -0.39 is 0 Å². The van der Waals surface area contributed by atoms with Gasteiger partial charge >= 0.3 is 0 Å². The van der Waals surface area contributed by atoms with Gasteiger partial charge in [-0.15, -0.1) is 11.3 Å². The van der Waals surface area contributed by atoms with Gasteiger partial charge in [-0.2, -0.15) is 0 Å². The summed E-state index contributed by atoms with van der Waals surface area (Å²) in [5.41, 5.74) is 3.59. The zero-order valence-corrected chi connectivity index (χ0v) is 15.4. The molecular formula is C22H20O3S. The Morgan fingerprint density at radius 2 is 1.58 bits per heavy atom. The second-order valence-corrected chi connectivity index (χ2v) is 7.31. The Morgan fingerprint density at radius 1 is 0.923 bits per heavy atom. The molecule has 0 aliphatic carbocycles. The summed E-state index contributed by atoms with van der Waals surface area (Å²) in [7, 11) is 0. The Labute approximate surface area is 156 Å². The van der Waals surface area contributed by atoms with E-state index in [0.29, 0.717) is 11.3 Å². The molecule has 26 heavy (non-hydrogen) atoms. The van der Waals surface area contributed by atoms with E-state index in [1.165, 1.54) is 11.3 Å². The highest BCUT2D eigenvalue weighted by Gasteiger charge is 2.17. The minimum atomic E-state index is -0.00715. The van der Waals surface area contributed by atoms with E-state index in [2.05, 4.69) is 0 Å². The molecule has 0 bridgehead atoms. The molecule has 1 heterocycles. The van der Waals surface area contributed by atoms with Crippen LogP contribution >= 0.6 is 11.3 Å². The van der Waals surface area contributed by atoms with Crippen LogP contribution in [0.2, 0.25) is 0 Å². The second-order valence-electron chi connectivity index (χ2n) is 6.25. The van der Waals surface area contributed by atoms with Crippen molar-refractivity contribution in [1.82, 2.24) is 0 Å². The van der Waals surface area contributed by atoms with Crippen LogP contribution in [0.25, 0.3) is 10.4 Å². The van der Waals surface area contributed by atoms with Crippen molar-refractivity contribution < 1.29 is 14.7 Å². The van der Waals surface area contributed by atoms with Crippen LogP contribution in [0.15, 0.2) is 60.7 Å². The monoisotopic (exact) mass is 364 g/mol. The van der Waals surface area contributed by atoms with E-state index in [0.717, 1.165) is 27.1 Å². The molecule has 1 N–H and O–H groups in total. The number of rotatable bonds is 7. The molecule has 2 aromatic carbocycles. The third-order valence-corrected chi connectivity index (χ3v) is 5.51. The third-order valence-electron chi connectivity index (χ3n) is 4.18. The number of Topliss-reactive ketones (excluding diaryl/α,β-unsaturated/α-hetero) is 2. The van der Waals surface area contributed by atoms with Gasteiger partial charge in [-0.1, -0.05) is 54.6 Å². The van der Waals surface area contributed by atoms with Crippen molar-refractivity contribution in [1.29, 1.82) is 0 Å². The maximum absolute atomic E-state index is 12.5. The van der Waals surface area contributed by atoms with E-state index in [-0.39, 0.29) is 24.6 Å². The number of ketones is 2. The normalized spacial score (nSPS) is 10.7. The Bertz CT molecular complexity index is 908. The number of thiophene rings is 1. The van der Waals surface area contributed by atoms with E-state index in [1.54, 1.807) is 6.92 Å². The Hall–Kier alpha value is -2.56. The lowest BCUT2D eigenvalue weighted by Crippen LogP contribution is -2.08. The topological polar surface area (TPSA) is 54.4 Å². The molecule has 3 nitrogen and oxygen atoms in total. The van der Waals surface area contributed by atoms with Crippen molar-refractivity contribution in [2.24, 2.45) is 0 Å². The zero-order chi connectivity index (χ0) is 18.5. The van der Waals surface area contributed by atoms with Crippen molar-refractivity contribution in [3.05, 3.63) is 82.2 Å². The molecule has 0 radical (unpaired) electrons. The molecule has 0 atom stereocenters. The standard InChI is InChI=1S/C22H20O3S/c1-15(24)22-19(13-21(26-22)18-5-3-2-4-6-18)12-20(25)11-16-7-9-17(14-23)10-8-16/h2-10,13,23H,11-12,14H2,1H3. The SMILES string of the molecule is CC(=O)c1sc(-c2ccccc2)cc1CC(=O)Cc1ccc(CO)cc1. The van der Waals surface area contributed by atoms with Crippen molar-refractivity contribution in [3.63, 3.8) is 0 Å². The fourth-order valence-corrected chi connectivity index (χ4v) is 3.95. The minimum Gasteiger partial charge on any atom is -0.392 e. The molecule has 4 heteroatoms. The lowest BCUT2D eigenvalue weighted by molar-refractivity contribution is -0.117. The molecule has 0 aliphatic rings. The van der Waals surface area contributed by atoms with Crippen molar-refractivity contribution in [2.45, 2.75) is 26.4 Å². The Kier molecular flexibility index (Phi) is 5.76. The highest BCUT2D eigenvalue weighted by molar-refractivity contribution is 7.17. The summed E-state index contributed by atoms with van der Waals surface area (Å²) in [4.78, 5) is 26.2. The van der Waals surface area contributed by atoms with Gasteiger partial charge in [0.25, 0.3) is 0 Å². The summed E-state index contributed by atoms with van der Waals surface area (Å²) < 4.78 is 0. The first-order valence-electron chi connectivity index (χ1n) is 8.46. The lowest BCUT2D eigenvalue weighted by Gasteiger charge is -2.03. The average Bonchev–Trinajstić information content (AvgIpc) is 3.07. The van der Waals surface area contributed by atoms with Crippen molar-refractivity contribution in [2.75, 3.05) is 0 Å². The molecule has 132 valence electrons. The predicted molar refractivity (Wildman–Crippen MR) is 105 cm³/mol. The van der Waals surface area contributed by atoms with Gasteiger partial charge in [0.15, 0.2) is 5.78 Å². The Balaban J connectivity index is 1.78. The van der Waals surface area contributed by atoms with Gasteiger partial charge in [0, 0.05) is 17.7 Å². The van der Waals surface area contributed by atoms with Crippen LogP contribution in [0.5, 0.6) is 0 Å². The van der Waals surface area contributed by atoms with Crippen LogP contribution < -0.4 is 0 Å². The summed E-state index contributed by atoms with van der Waals surface area (Å²) in [5.74, 6) is 0.0638. The fraction of sp³-hybridized carbons (Fsp3) is 0.182. The maximum Gasteiger partial charge on any atom is 0.170 e. The number of hydrogen-bond acceptors (Lipinski definition) is 4. The van der Waals surface area contributed by atoms with Gasteiger partial charge in [-0.3, -0.25) is 9.59 Å². The van der Waals surface area contributed by atoms with Crippen LogP contribution in [0, 0.1) is 0 Å². The minimum absolute atomic E-state index is 0.00658. The third kappa shape index (κ3) is 4.34. The molecule has 3 rings (SSSR count). The molecule has 3 aromatic rings. The van der Waals surface area contributed by atoms with Gasteiger partial charge in [-0.25, -0.2) is 0 Å². The van der Waals surface area contributed by atoms with E-state index in [1.807, 2.05) is 60.7 Å².